The summed E-state index contributed by atoms with van der Waals surface area (Å²) in [4.78, 5) is 5.59. The number of nitrogens with one attached hydrogen (secondary N) is 1. The predicted octanol–water partition coefficient (Wildman–Crippen LogP) is 2.64. The van der Waals surface area contributed by atoms with Crippen LogP contribution in [-0.4, -0.2) is 47.3 Å². The van der Waals surface area contributed by atoms with Crippen molar-refractivity contribution in [3.05, 3.63) is 30.5 Å². The van der Waals surface area contributed by atoms with Crippen LogP contribution in [-0.2, 0) is 0 Å². The Kier molecular flexibility index (Phi) is 3.80. The van der Waals surface area contributed by atoms with Crippen molar-refractivity contribution >= 4 is 10.9 Å². The largest absolute Gasteiger partial charge is 0.490 e. The van der Waals surface area contributed by atoms with Gasteiger partial charge in [0.1, 0.15) is 18.5 Å². The molecule has 3 unspecified atom stereocenters. The fourth-order valence-electron chi connectivity index (χ4n) is 4.20. The molecule has 4 rings (SSSR count). The van der Waals surface area contributed by atoms with Gasteiger partial charge in [-0.1, -0.05) is 12.5 Å². The molecule has 0 radical (unpaired) electrons. The Labute approximate surface area is 131 Å². The second-order valence-corrected chi connectivity index (χ2v) is 6.83. The van der Waals surface area contributed by atoms with Gasteiger partial charge in [-0.05, 0) is 42.9 Å². The number of β-amino-alcohol motifs (C(OH)–C–C–N with tert-alkyl or cyclic N) is 1. The van der Waals surface area contributed by atoms with Gasteiger partial charge in [0, 0.05) is 36.7 Å². The molecule has 1 aromatic heterocycles. The van der Waals surface area contributed by atoms with E-state index in [4.69, 9.17) is 4.74 Å². The number of fused-ring (bicyclic) bond motifs is 2. The summed E-state index contributed by atoms with van der Waals surface area (Å²) in [5, 5.41) is 11.4. The number of hydrogen-bond acceptors (Lipinski definition) is 3. The molecule has 118 valence electrons. The van der Waals surface area contributed by atoms with Gasteiger partial charge in [0.2, 0.25) is 0 Å². The van der Waals surface area contributed by atoms with Gasteiger partial charge >= 0.3 is 0 Å². The molecule has 2 fully saturated rings. The fraction of sp³-hybridized carbons (Fsp3) is 0.556. The highest BCUT2D eigenvalue weighted by molar-refractivity contribution is 5.85. The Bertz CT molecular complexity index is 627. The van der Waals surface area contributed by atoms with Crippen LogP contribution < -0.4 is 4.74 Å². The monoisotopic (exact) mass is 300 g/mol. The minimum atomic E-state index is -0.423. The number of aromatic nitrogens is 1. The number of rotatable bonds is 5. The first-order valence-corrected chi connectivity index (χ1v) is 8.39. The molecule has 3 atom stereocenters. The maximum absolute atomic E-state index is 10.3. The van der Waals surface area contributed by atoms with Gasteiger partial charge in [0.25, 0.3) is 0 Å². The summed E-state index contributed by atoms with van der Waals surface area (Å²) in [6.45, 7) is 3.41. The van der Waals surface area contributed by atoms with Gasteiger partial charge in [-0.2, -0.15) is 0 Å². The Hall–Kier alpha value is -1.52. The number of aliphatic hydroxyl groups is 1. The van der Waals surface area contributed by atoms with E-state index >= 15 is 0 Å². The Balaban J connectivity index is 1.31. The zero-order valence-corrected chi connectivity index (χ0v) is 12.9. The van der Waals surface area contributed by atoms with Crippen molar-refractivity contribution in [2.75, 3.05) is 26.2 Å². The summed E-state index contributed by atoms with van der Waals surface area (Å²) in [7, 11) is 0. The van der Waals surface area contributed by atoms with Crippen molar-refractivity contribution < 1.29 is 9.84 Å². The highest BCUT2D eigenvalue weighted by Crippen LogP contribution is 2.37. The molecule has 22 heavy (non-hydrogen) atoms. The van der Waals surface area contributed by atoms with Crippen molar-refractivity contribution in [1.82, 2.24) is 9.88 Å². The van der Waals surface area contributed by atoms with E-state index in [1.54, 1.807) is 0 Å². The van der Waals surface area contributed by atoms with E-state index in [-0.39, 0.29) is 0 Å². The highest BCUT2D eigenvalue weighted by atomic mass is 16.5. The number of H-pyrrole nitrogens is 1. The van der Waals surface area contributed by atoms with Crippen LogP contribution in [0.2, 0.25) is 0 Å². The molecule has 0 amide bonds. The van der Waals surface area contributed by atoms with Crippen molar-refractivity contribution in [3.8, 4) is 5.75 Å². The van der Waals surface area contributed by atoms with Crippen LogP contribution in [0.4, 0.5) is 0 Å². The van der Waals surface area contributed by atoms with Crippen LogP contribution in [0.1, 0.15) is 19.3 Å². The van der Waals surface area contributed by atoms with Gasteiger partial charge < -0.3 is 19.7 Å². The van der Waals surface area contributed by atoms with E-state index in [1.165, 1.54) is 19.3 Å². The average Bonchev–Trinajstić information content (AvgIpc) is 3.19. The summed E-state index contributed by atoms with van der Waals surface area (Å²) in [5.41, 5.74) is 1.07. The van der Waals surface area contributed by atoms with Crippen molar-refractivity contribution in [1.29, 1.82) is 0 Å². The van der Waals surface area contributed by atoms with E-state index in [0.29, 0.717) is 6.61 Å². The molecule has 1 saturated carbocycles. The van der Waals surface area contributed by atoms with Crippen molar-refractivity contribution in [2.45, 2.75) is 25.4 Å². The van der Waals surface area contributed by atoms with Crippen molar-refractivity contribution in [3.63, 3.8) is 0 Å². The quantitative estimate of drug-likeness (QED) is 0.892. The number of benzene rings is 1. The number of nitrogens with zero attached hydrogens (tertiary/aromatic N) is 1. The number of hydrogen-bond donors (Lipinski definition) is 2. The second-order valence-electron chi connectivity index (χ2n) is 6.83. The molecule has 1 aromatic carbocycles. The first-order chi connectivity index (χ1) is 10.8. The van der Waals surface area contributed by atoms with Crippen LogP contribution in [0.15, 0.2) is 30.5 Å². The zero-order chi connectivity index (χ0) is 14.9. The SMILES string of the molecule is OC(COc1cccc2[nH]ccc12)CN1CC2CCCC2C1. The normalized spacial score (nSPS) is 26.4. The predicted molar refractivity (Wildman–Crippen MR) is 87.1 cm³/mol. The van der Waals surface area contributed by atoms with Gasteiger partial charge in [-0.3, -0.25) is 0 Å². The maximum atomic E-state index is 10.3. The first kappa shape index (κ1) is 14.1. The lowest BCUT2D eigenvalue weighted by atomic mass is 10.0. The van der Waals surface area contributed by atoms with Crippen LogP contribution >= 0.6 is 0 Å². The fourth-order valence-corrected chi connectivity index (χ4v) is 4.20. The summed E-state index contributed by atoms with van der Waals surface area (Å²) in [6, 6.07) is 7.98. The third-order valence-electron chi connectivity index (χ3n) is 5.26. The Morgan fingerprint density at radius 2 is 2.05 bits per heavy atom. The highest BCUT2D eigenvalue weighted by Gasteiger charge is 2.36. The van der Waals surface area contributed by atoms with Gasteiger partial charge in [0.15, 0.2) is 0 Å². The van der Waals surface area contributed by atoms with Crippen LogP contribution in [0.25, 0.3) is 10.9 Å². The number of likely N-dealkylation sites (tertiary alicyclic amines) is 1. The summed E-state index contributed by atoms with van der Waals surface area (Å²) in [5.74, 6) is 2.60. The van der Waals surface area contributed by atoms with Crippen LogP contribution in [0.5, 0.6) is 5.75 Å². The van der Waals surface area contributed by atoms with Gasteiger partial charge in [-0.25, -0.2) is 0 Å². The van der Waals surface area contributed by atoms with E-state index in [1.807, 2.05) is 30.5 Å². The Morgan fingerprint density at radius 1 is 1.23 bits per heavy atom. The number of ether oxygens (including phenoxy) is 1. The molecule has 4 heteroatoms. The molecular weight excluding hydrogens is 276 g/mol. The van der Waals surface area contributed by atoms with Crippen LogP contribution in [0, 0.1) is 11.8 Å². The van der Waals surface area contributed by atoms with Gasteiger partial charge in [-0.15, -0.1) is 0 Å². The molecule has 4 nitrogen and oxygen atoms in total. The summed E-state index contributed by atoms with van der Waals surface area (Å²) < 4.78 is 5.85. The lowest BCUT2D eigenvalue weighted by Crippen LogP contribution is -2.34. The zero-order valence-electron chi connectivity index (χ0n) is 12.9. The summed E-state index contributed by atoms with van der Waals surface area (Å²) in [6.07, 6.45) is 5.65. The third kappa shape index (κ3) is 2.73. The molecule has 0 bridgehead atoms. The van der Waals surface area contributed by atoms with Crippen LogP contribution in [0.3, 0.4) is 0 Å². The van der Waals surface area contributed by atoms with Gasteiger partial charge in [0.05, 0.1) is 0 Å². The second kappa shape index (κ2) is 5.94. The topological polar surface area (TPSA) is 48.5 Å². The minimum absolute atomic E-state index is 0.357. The molecule has 0 spiro atoms. The molecule has 1 saturated heterocycles. The van der Waals surface area contributed by atoms with E-state index in [2.05, 4.69) is 9.88 Å². The molecular formula is C18H24N2O2. The average molecular weight is 300 g/mol. The van der Waals surface area contributed by atoms with E-state index in [9.17, 15) is 5.11 Å². The summed E-state index contributed by atoms with van der Waals surface area (Å²) >= 11 is 0. The molecule has 2 aliphatic rings. The van der Waals surface area contributed by atoms with Crippen molar-refractivity contribution in [2.24, 2.45) is 11.8 Å². The minimum Gasteiger partial charge on any atom is -0.490 e. The first-order valence-electron chi connectivity index (χ1n) is 8.39. The number of aromatic amines is 1. The lowest BCUT2D eigenvalue weighted by Gasteiger charge is -2.21. The molecule has 2 N–H and O–H groups in total. The third-order valence-corrected chi connectivity index (χ3v) is 5.26. The van der Waals surface area contributed by atoms with E-state index < -0.39 is 6.10 Å². The standard InChI is InChI=1S/C18H24N2O2/c21-15(11-20-9-13-3-1-4-14(13)10-20)12-22-18-6-2-5-17-16(18)7-8-19-17/h2,5-8,13-15,19,21H,1,3-4,9-12H2. The lowest BCUT2D eigenvalue weighted by molar-refractivity contribution is 0.0740. The smallest absolute Gasteiger partial charge is 0.128 e. The maximum Gasteiger partial charge on any atom is 0.128 e. The van der Waals surface area contributed by atoms with E-state index in [0.717, 1.165) is 48.1 Å². The molecule has 2 aromatic rings. The number of aliphatic hydroxyl groups excluding tert-OH is 1. The molecule has 1 aliphatic heterocycles. The molecule has 2 heterocycles. The Morgan fingerprint density at radius 3 is 2.86 bits per heavy atom. The molecule has 1 aliphatic carbocycles.